The van der Waals surface area contributed by atoms with Gasteiger partial charge < -0.3 is 20.1 Å². The summed E-state index contributed by atoms with van der Waals surface area (Å²) < 4.78 is 1.85. The Hall–Kier alpha value is -1.40. The van der Waals surface area contributed by atoms with E-state index in [0.29, 0.717) is 25.3 Å². The molecular formula is C13H25N5O. The number of amides is 1. The van der Waals surface area contributed by atoms with E-state index < -0.39 is 0 Å². The minimum absolute atomic E-state index is 0.00275. The fourth-order valence-electron chi connectivity index (χ4n) is 1.88. The highest BCUT2D eigenvalue weighted by Gasteiger charge is 2.16. The molecule has 0 aliphatic heterocycles. The van der Waals surface area contributed by atoms with Crippen LogP contribution in [0.5, 0.6) is 0 Å². The summed E-state index contributed by atoms with van der Waals surface area (Å²) in [5.41, 5.74) is 5.98. The van der Waals surface area contributed by atoms with Gasteiger partial charge in [0.2, 0.25) is 0 Å². The summed E-state index contributed by atoms with van der Waals surface area (Å²) in [5.74, 6) is -0.00275. The molecule has 0 spiro atoms. The van der Waals surface area contributed by atoms with Gasteiger partial charge in [0, 0.05) is 32.4 Å². The fourth-order valence-corrected chi connectivity index (χ4v) is 1.88. The predicted molar refractivity (Wildman–Crippen MR) is 76.0 cm³/mol. The normalized spacial score (nSPS) is 11.0. The summed E-state index contributed by atoms with van der Waals surface area (Å²) in [6.07, 6.45) is 4.40. The average Bonchev–Trinajstić information content (AvgIpc) is 2.82. The summed E-state index contributed by atoms with van der Waals surface area (Å²) in [5, 5.41) is 0. The number of nitrogens with two attached hydrogens (primary N) is 1. The van der Waals surface area contributed by atoms with Gasteiger partial charge in [-0.2, -0.15) is 0 Å². The van der Waals surface area contributed by atoms with E-state index in [0.717, 1.165) is 19.5 Å². The Labute approximate surface area is 115 Å². The number of imidazole rings is 1. The molecule has 0 unspecified atom stereocenters. The van der Waals surface area contributed by atoms with Crippen LogP contribution in [0.15, 0.2) is 12.5 Å². The molecule has 0 atom stereocenters. The van der Waals surface area contributed by atoms with Gasteiger partial charge in [-0.05, 0) is 34.0 Å². The van der Waals surface area contributed by atoms with E-state index in [-0.39, 0.29) is 5.91 Å². The van der Waals surface area contributed by atoms with Gasteiger partial charge in [-0.1, -0.05) is 0 Å². The smallest absolute Gasteiger partial charge is 0.274 e. The number of rotatable bonds is 8. The standard InChI is InChI=1S/C13H25N5O/c1-4-18(8-5-7-16(2)3)13(19)12-10-17(9-6-14)11-15-12/h10-11H,4-9,14H2,1-3H3. The third kappa shape index (κ3) is 5.00. The molecule has 0 aromatic carbocycles. The second kappa shape index (κ2) is 7.91. The van der Waals surface area contributed by atoms with Crippen LogP contribution in [0.4, 0.5) is 0 Å². The second-order valence-corrected chi connectivity index (χ2v) is 4.83. The zero-order chi connectivity index (χ0) is 14.3. The number of aromatic nitrogens is 2. The highest BCUT2D eigenvalue weighted by atomic mass is 16.2. The minimum Gasteiger partial charge on any atom is -0.337 e. The van der Waals surface area contributed by atoms with Crippen molar-refractivity contribution < 1.29 is 4.79 Å². The largest absolute Gasteiger partial charge is 0.337 e. The lowest BCUT2D eigenvalue weighted by Gasteiger charge is -2.20. The number of carbonyl (C=O) groups is 1. The Morgan fingerprint density at radius 2 is 2.16 bits per heavy atom. The Balaban J connectivity index is 2.56. The highest BCUT2D eigenvalue weighted by molar-refractivity contribution is 5.92. The van der Waals surface area contributed by atoms with Crippen LogP contribution in [-0.4, -0.2) is 65.5 Å². The molecular weight excluding hydrogens is 242 g/mol. The fraction of sp³-hybridized carbons (Fsp3) is 0.692. The molecule has 0 aliphatic carbocycles. The summed E-state index contributed by atoms with van der Waals surface area (Å²) >= 11 is 0. The van der Waals surface area contributed by atoms with Crippen molar-refractivity contribution in [1.29, 1.82) is 0 Å². The van der Waals surface area contributed by atoms with Crippen molar-refractivity contribution in [2.75, 3.05) is 40.3 Å². The monoisotopic (exact) mass is 267 g/mol. The van der Waals surface area contributed by atoms with Crippen molar-refractivity contribution >= 4 is 5.91 Å². The summed E-state index contributed by atoms with van der Waals surface area (Å²) in [7, 11) is 4.07. The molecule has 1 aromatic heterocycles. The van der Waals surface area contributed by atoms with Gasteiger partial charge in [0.05, 0.1) is 6.33 Å². The number of hydrogen-bond donors (Lipinski definition) is 1. The molecule has 2 N–H and O–H groups in total. The molecule has 0 saturated carbocycles. The molecule has 0 saturated heterocycles. The second-order valence-electron chi connectivity index (χ2n) is 4.83. The summed E-state index contributed by atoms with van der Waals surface area (Å²) in [6, 6.07) is 0. The van der Waals surface area contributed by atoms with E-state index in [1.807, 2.05) is 30.5 Å². The summed E-state index contributed by atoms with van der Waals surface area (Å²) in [4.78, 5) is 20.4. The first kappa shape index (κ1) is 15.7. The van der Waals surface area contributed by atoms with Crippen LogP contribution >= 0.6 is 0 Å². The maximum Gasteiger partial charge on any atom is 0.274 e. The first-order chi connectivity index (χ1) is 9.08. The molecule has 0 aliphatic rings. The van der Waals surface area contributed by atoms with Gasteiger partial charge in [-0.3, -0.25) is 4.79 Å². The molecule has 0 radical (unpaired) electrons. The number of hydrogen-bond acceptors (Lipinski definition) is 4. The van der Waals surface area contributed by atoms with Gasteiger partial charge >= 0.3 is 0 Å². The molecule has 1 aromatic rings. The van der Waals surface area contributed by atoms with E-state index in [1.165, 1.54) is 0 Å². The SMILES string of the molecule is CCN(CCCN(C)C)C(=O)c1cn(CCN)cn1. The van der Waals surface area contributed by atoms with E-state index in [9.17, 15) is 4.79 Å². The molecule has 1 rings (SSSR count). The Morgan fingerprint density at radius 1 is 1.42 bits per heavy atom. The first-order valence-corrected chi connectivity index (χ1v) is 6.74. The lowest BCUT2D eigenvalue weighted by molar-refractivity contribution is 0.0754. The van der Waals surface area contributed by atoms with Crippen molar-refractivity contribution in [2.24, 2.45) is 5.73 Å². The third-order valence-electron chi connectivity index (χ3n) is 2.94. The minimum atomic E-state index is -0.00275. The van der Waals surface area contributed by atoms with Crippen LogP contribution in [-0.2, 0) is 6.54 Å². The highest BCUT2D eigenvalue weighted by Crippen LogP contribution is 2.04. The molecule has 1 amide bonds. The van der Waals surface area contributed by atoms with Crippen molar-refractivity contribution in [3.8, 4) is 0 Å². The maximum atomic E-state index is 12.3. The Bertz CT molecular complexity index is 388. The number of nitrogens with zero attached hydrogens (tertiary/aromatic N) is 4. The van der Waals surface area contributed by atoms with E-state index in [4.69, 9.17) is 5.73 Å². The van der Waals surface area contributed by atoms with E-state index in [1.54, 1.807) is 12.5 Å². The van der Waals surface area contributed by atoms with E-state index >= 15 is 0 Å². The van der Waals surface area contributed by atoms with Crippen LogP contribution in [0.3, 0.4) is 0 Å². The first-order valence-electron chi connectivity index (χ1n) is 6.74. The topological polar surface area (TPSA) is 67.4 Å². The zero-order valence-corrected chi connectivity index (χ0v) is 12.2. The van der Waals surface area contributed by atoms with Gasteiger partial charge in [-0.15, -0.1) is 0 Å². The van der Waals surface area contributed by atoms with Crippen molar-refractivity contribution in [1.82, 2.24) is 19.4 Å². The molecule has 108 valence electrons. The van der Waals surface area contributed by atoms with Gasteiger partial charge in [0.15, 0.2) is 0 Å². The van der Waals surface area contributed by atoms with Gasteiger partial charge in [0.25, 0.3) is 5.91 Å². The van der Waals surface area contributed by atoms with Crippen LogP contribution in [0, 0.1) is 0 Å². The molecule has 0 bridgehead atoms. The lowest BCUT2D eigenvalue weighted by atomic mass is 10.3. The zero-order valence-electron chi connectivity index (χ0n) is 12.2. The number of carbonyl (C=O) groups excluding carboxylic acids is 1. The van der Waals surface area contributed by atoms with Gasteiger partial charge in [-0.25, -0.2) is 4.98 Å². The molecule has 6 heteroatoms. The molecule has 6 nitrogen and oxygen atoms in total. The third-order valence-corrected chi connectivity index (χ3v) is 2.94. The van der Waals surface area contributed by atoms with Crippen LogP contribution in [0.1, 0.15) is 23.8 Å². The molecule has 0 fully saturated rings. The molecule has 1 heterocycles. The maximum absolute atomic E-state index is 12.3. The van der Waals surface area contributed by atoms with Crippen molar-refractivity contribution in [2.45, 2.75) is 19.9 Å². The van der Waals surface area contributed by atoms with Crippen molar-refractivity contribution in [3.63, 3.8) is 0 Å². The summed E-state index contributed by atoms with van der Waals surface area (Å²) in [6.45, 7) is 5.67. The predicted octanol–water partition coefficient (Wildman–Crippen LogP) is 0.256. The van der Waals surface area contributed by atoms with Crippen LogP contribution in [0.2, 0.25) is 0 Å². The molecule has 19 heavy (non-hydrogen) atoms. The van der Waals surface area contributed by atoms with Crippen molar-refractivity contribution in [3.05, 3.63) is 18.2 Å². The lowest BCUT2D eigenvalue weighted by Crippen LogP contribution is -2.33. The van der Waals surface area contributed by atoms with Crippen LogP contribution in [0.25, 0.3) is 0 Å². The average molecular weight is 267 g/mol. The Morgan fingerprint density at radius 3 is 2.74 bits per heavy atom. The van der Waals surface area contributed by atoms with Crippen LogP contribution < -0.4 is 5.73 Å². The van der Waals surface area contributed by atoms with E-state index in [2.05, 4.69) is 9.88 Å². The quantitative estimate of drug-likeness (QED) is 0.733. The van der Waals surface area contributed by atoms with Gasteiger partial charge in [0.1, 0.15) is 5.69 Å². The Kier molecular flexibility index (Phi) is 6.52.